The molecule has 2 heterocycles. The molecule has 154 valence electrons. The van der Waals surface area contributed by atoms with E-state index < -0.39 is 11.9 Å². The van der Waals surface area contributed by atoms with Crippen molar-refractivity contribution in [2.45, 2.75) is 51.2 Å². The molecule has 1 aliphatic heterocycles. The zero-order valence-electron chi connectivity index (χ0n) is 16.5. The number of piperidine rings is 1. The van der Waals surface area contributed by atoms with Gasteiger partial charge in [0.25, 0.3) is 0 Å². The summed E-state index contributed by atoms with van der Waals surface area (Å²) in [5.41, 5.74) is 3.59. The van der Waals surface area contributed by atoms with Gasteiger partial charge in [-0.1, -0.05) is 17.7 Å². The number of benzene rings is 1. The van der Waals surface area contributed by atoms with Crippen molar-refractivity contribution in [2.24, 2.45) is 5.92 Å². The summed E-state index contributed by atoms with van der Waals surface area (Å²) in [6.45, 7) is 9.39. The van der Waals surface area contributed by atoms with Crippen LogP contribution in [-0.4, -0.2) is 23.9 Å². The third-order valence-electron chi connectivity index (χ3n) is 5.02. The highest BCUT2D eigenvalue weighted by Gasteiger charge is 2.35. The lowest BCUT2D eigenvalue weighted by atomic mass is 9.98. The van der Waals surface area contributed by atoms with Crippen molar-refractivity contribution in [2.75, 3.05) is 19.6 Å². The summed E-state index contributed by atoms with van der Waals surface area (Å²) in [6, 6.07) is 6.75. The summed E-state index contributed by atoms with van der Waals surface area (Å²) in [5, 5.41) is 3.36. The second kappa shape index (κ2) is 8.93. The zero-order chi connectivity index (χ0) is 20.3. The van der Waals surface area contributed by atoms with Crippen molar-refractivity contribution in [1.82, 2.24) is 9.62 Å². The summed E-state index contributed by atoms with van der Waals surface area (Å²) in [5.74, 6) is -0.0648. The van der Waals surface area contributed by atoms with Crippen LogP contribution in [0.4, 0.5) is 13.2 Å². The quantitative estimate of drug-likeness (QED) is 0.613. The summed E-state index contributed by atoms with van der Waals surface area (Å²) in [6.07, 6.45) is -2.29. The third kappa shape index (κ3) is 5.55. The Morgan fingerprint density at radius 1 is 1.11 bits per heavy atom. The van der Waals surface area contributed by atoms with Crippen molar-refractivity contribution in [1.29, 1.82) is 0 Å². The van der Waals surface area contributed by atoms with Crippen LogP contribution in [0.15, 0.2) is 33.6 Å². The summed E-state index contributed by atoms with van der Waals surface area (Å²) in [4.78, 5) is 1.17. The molecular weight excluding hydrogens is 385 g/mol. The molecule has 3 rings (SSSR count). The maximum Gasteiger partial charge on any atom is 0.449 e. The molecule has 1 aliphatic rings. The first-order valence-electron chi connectivity index (χ1n) is 9.60. The van der Waals surface area contributed by atoms with E-state index in [1.54, 1.807) is 11.9 Å². The molecule has 28 heavy (non-hydrogen) atoms. The molecule has 0 unspecified atom stereocenters. The van der Waals surface area contributed by atoms with Crippen LogP contribution in [0, 0.1) is 26.7 Å². The maximum absolute atomic E-state index is 12.9. The topological polar surface area (TPSA) is 28.4 Å². The normalized spacial score (nSPS) is 16.1. The smallest absolute Gasteiger partial charge is 0.449 e. The van der Waals surface area contributed by atoms with Gasteiger partial charge >= 0.3 is 6.18 Å². The van der Waals surface area contributed by atoms with E-state index in [9.17, 15) is 13.2 Å². The molecule has 3 nitrogen and oxygen atoms in total. The molecule has 0 bridgehead atoms. The highest BCUT2D eigenvalue weighted by molar-refractivity contribution is 7.97. The number of alkyl halides is 3. The predicted octanol–water partition coefficient (Wildman–Crippen LogP) is 5.73. The van der Waals surface area contributed by atoms with Crippen LogP contribution in [0.5, 0.6) is 0 Å². The number of hydrogen-bond donors (Lipinski definition) is 1. The second-order valence-electron chi connectivity index (χ2n) is 7.60. The third-order valence-corrected chi connectivity index (χ3v) is 6.38. The second-order valence-corrected chi connectivity index (χ2v) is 8.71. The van der Waals surface area contributed by atoms with Crippen molar-refractivity contribution < 1.29 is 17.6 Å². The van der Waals surface area contributed by atoms with E-state index in [-0.39, 0.29) is 0 Å². The van der Waals surface area contributed by atoms with E-state index in [1.807, 2.05) is 0 Å². The Hall–Kier alpha value is -1.44. The van der Waals surface area contributed by atoms with Gasteiger partial charge in [-0.3, -0.25) is 0 Å². The summed E-state index contributed by atoms with van der Waals surface area (Å²) < 4.78 is 45.9. The Kier molecular flexibility index (Phi) is 6.78. The molecule has 1 aromatic heterocycles. The van der Waals surface area contributed by atoms with Crippen LogP contribution in [0.3, 0.4) is 0 Å². The van der Waals surface area contributed by atoms with Gasteiger partial charge in [-0.2, -0.15) is 13.2 Å². The molecule has 0 atom stereocenters. The van der Waals surface area contributed by atoms with Gasteiger partial charge in [-0.15, -0.1) is 0 Å². The Morgan fingerprint density at radius 2 is 1.75 bits per heavy atom. The van der Waals surface area contributed by atoms with Gasteiger partial charge in [0.1, 0.15) is 5.76 Å². The van der Waals surface area contributed by atoms with E-state index >= 15 is 0 Å². The van der Waals surface area contributed by atoms with Gasteiger partial charge in [0.2, 0.25) is 5.76 Å². The van der Waals surface area contributed by atoms with E-state index in [4.69, 9.17) is 4.42 Å². The molecule has 0 aliphatic carbocycles. The lowest BCUT2D eigenvalue weighted by molar-refractivity contribution is -0.153. The number of hydrogen-bond acceptors (Lipinski definition) is 4. The van der Waals surface area contributed by atoms with Crippen molar-refractivity contribution >= 4 is 11.9 Å². The van der Waals surface area contributed by atoms with E-state index in [2.05, 4.69) is 42.5 Å². The summed E-state index contributed by atoms with van der Waals surface area (Å²) in [7, 11) is 0. The number of nitrogens with zero attached hydrogens (tertiary/aromatic N) is 1. The van der Waals surface area contributed by atoms with Gasteiger partial charge < -0.3 is 9.73 Å². The molecule has 1 aromatic carbocycles. The van der Waals surface area contributed by atoms with Gasteiger partial charge in [0.15, 0.2) is 0 Å². The molecule has 0 amide bonds. The fourth-order valence-electron chi connectivity index (χ4n) is 3.72. The van der Waals surface area contributed by atoms with E-state index in [1.165, 1.54) is 27.7 Å². The lowest BCUT2D eigenvalue weighted by Crippen LogP contribution is -2.33. The number of halogens is 3. The van der Waals surface area contributed by atoms with Crippen molar-refractivity contribution in [3.8, 4) is 0 Å². The zero-order valence-corrected chi connectivity index (χ0v) is 17.3. The standard InChI is InChI=1S/C21H27F3N2OS/c1-14-10-15(2)20(16(3)11-14)28-26(12-17-6-8-25-9-7-17)13-18-4-5-19(27-18)21(22,23)24/h4-5,10-11,17,25H,6-9,12-13H2,1-3H3. The average Bonchev–Trinajstić information content (AvgIpc) is 3.08. The minimum Gasteiger partial charge on any atom is -0.455 e. The molecule has 0 saturated carbocycles. The molecule has 1 fully saturated rings. The van der Waals surface area contributed by atoms with Crippen LogP contribution in [-0.2, 0) is 12.7 Å². The van der Waals surface area contributed by atoms with E-state index in [0.29, 0.717) is 18.2 Å². The van der Waals surface area contributed by atoms with Crippen molar-refractivity contribution in [3.05, 3.63) is 52.5 Å². The molecule has 0 radical (unpaired) electrons. The molecule has 7 heteroatoms. The van der Waals surface area contributed by atoms with Gasteiger partial charge in [-0.25, -0.2) is 4.31 Å². The molecule has 2 aromatic rings. The first-order valence-corrected chi connectivity index (χ1v) is 10.4. The fourth-order valence-corrected chi connectivity index (χ4v) is 4.86. The van der Waals surface area contributed by atoms with Crippen LogP contribution >= 0.6 is 11.9 Å². The molecule has 0 spiro atoms. The highest BCUT2D eigenvalue weighted by Crippen LogP contribution is 2.35. The van der Waals surface area contributed by atoms with Gasteiger partial charge in [0.05, 0.1) is 6.54 Å². The average molecular weight is 413 g/mol. The SMILES string of the molecule is Cc1cc(C)c(SN(Cc2ccc(C(F)(F)F)o2)CC2CCNCC2)c(C)c1. The predicted molar refractivity (Wildman–Crippen MR) is 106 cm³/mol. The minimum atomic E-state index is -4.45. The Bertz CT molecular complexity index is 774. The first-order chi connectivity index (χ1) is 13.2. The van der Waals surface area contributed by atoms with E-state index in [0.717, 1.165) is 38.5 Å². The maximum atomic E-state index is 12.9. The Balaban J connectivity index is 1.79. The summed E-state index contributed by atoms with van der Waals surface area (Å²) >= 11 is 1.63. The largest absolute Gasteiger partial charge is 0.455 e. The molecule has 1 saturated heterocycles. The number of furan rings is 1. The van der Waals surface area contributed by atoms with Crippen LogP contribution in [0.2, 0.25) is 0 Å². The number of nitrogens with one attached hydrogen (secondary N) is 1. The monoisotopic (exact) mass is 412 g/mol. The Morgan fingerprint density at radius 3 is 2.32 bits per heavy atom. The van der Waals surface area contributed by atoms with Crippen LogP contribution in [0.25, 0.3) is 0 Å². The Labute approximate surface area is 168 Å². The number of aryl methyl sites for hydroxylation is 3. The fraction of sp³-hybridized carbons (Fsp3) is 0.524. The molecule has 1 N–H and O–H groups in total. The minimum absolute atomic E-state index is 0.344. The van der Waals surface area contributed by atoms with Crippen molar-refractivity contribution in [3.63, 3.8) is 0 Å². The highest BCUT2D eigenvalue weighted by atomic mass is 32.2. The van der Waals surface area contributed by atoms with Crippen LogP contribution < -0.4 is 5.32 Å². The lowest BCUT2D eigenvalue weighted by Gasteiger charge is -2.29. The number of rotatable bonds is 6. The van der Waals surface area contributed by atoms with Crippen LogP contribution in [0.1, 0.15) is 41.1 Å². The first kappa shape index (κ1) is 21.3. The van der Waals surface area contributed by atoms with Gasteiger partial charge in [0, 0.05) is 11.4 Å². The van der Waals surface area contributed by atoms with Gasteiger partial charge in [-0.05, 0) is 87.8 Å². The molecular formula is C21H27F3N2OS.